The van der Waals surface area contributed by atoms with Crippen molar-refractivity contribution in [3.8, 4) is 0 Å². The number of anilines is 2. The van der Waals surface area contributed by atoms with Crippen LogP contribution in [0.4, 0.5) is 10.8 Å². The van der Waals surface area contributed by atoms with Gasteiger partial charge in [0.2, 0.25) is 5.91 Å². The van der Waals surface area contributed by atoms with Crippen LogP contribution in [0.3, 0.4) is 0 Å². The molecule has 0 saturated carbocycles. The van der Waals surface area contributed by atoms with E-state index in [4.69, 9.17) is 5.73 Å². The zero-order valence-electron chi connectivity index (χ0n) is 11.9. The number of carbonyl (C=O) groups is 1. The first-order valence-corrected chi connectivity index (χ1v) is 9.20. The van der Waals surface area contributed by atoms with Crippen LogP contribution in [0.15, 0.2) is 18.2 Å². The number of thiazole rings is 1. The fraction of sp³-hybridized carbons (Fsp3) is 0.429. The highest BCUT2D eigenvalue weighted by Crippen LogP contribution is 2.27. The normalized spacial score (nSPS) is 12.4. The lowest BCUT2D eigenvalue weighted by molar-refractivity contribution is -0.115. The van der Waals surface area contributed by atoms with Crippen molar-refractivity contribution >= 4 is 49.1 Å². The van der Waals surface area contributed by atoms with Crippen LogP contribution in [0.2, 0.25) is 0 Å². The van der Waals surface area contributed by atoms with E-state index in [1.807, 2.05) is 12.1 Å². The molecule has 1 atom stereocenters. The third kappa shape index (κ3) is 4.78. The number of rotatable bonds is 7. The predicted molar refractivity (Wildman–Crippen MR) is 90.1 cm³/mol. The van der Waals surface area contributed by atoms with Crippen molar-refractivity contribution in [2.24, 2.45) is 0 Å². The molecule has 3 N–H and O–H groups in total. The molecule has 21 heavy (non-hydrogen) atoms. The summed E-state index contributed by atoms with van der Waals surface area (Å²) in [4.78, 5) is 16.2. The van der Waals surface area contributed by atoms with Crippen LogP contribution >= 0.6 is 11.3 Å². The standard InChI is InChI=1S/C14H19N3O2S2/c1-2-3-7-21(19)8-6-13(18)17-14-16-11-5-4-10(15)9-12(11)20-14/h4-5,9H,2-3,6-8,15H2,1H3,(H,16,17,18). The maximum Gasteiger partial charge on any atom is 0.227 e. The molecule has 0 spiro atoms. The first kappa shape index (κ1) is 15.9. The minimum atomic E-state index is -0.911. The Hall–Kier alpha value is -1.47. The molecule has 0 saturated heterocycles. The van der Waals surface area contributed by atoms with Gasteiger partial charge in [0.1, 0.15) is 0 Å². The Kier molecular flexibility index (Phi) is 5.69. The van der Waals surface area contributed by atoms with Gasteiger partial charge in [-0.3, -0.25) is 9.00 Å². The first-order chi connectivity index (χ1) is 10.1. The summed E-state index contributed by atoms with van der Waals surface area (Å²) in [6, 6.07) is 5.45. The quantitative estimate of drug-likeness (QED) is 0.767. The van der Waals surface area contributed by atoms with Crippen LogP contribution in [0, 0.1) is 0 Å². The number of aromatic nitrogens is 1. The van der Waals surface area contributed by atoms with Crippen molar-refractivity contribution in [1.82, 2.24) is 4.98 Å². The smallest absolute Gasteiger partial charge is 0.227 e. The molecule has 0 aliphatic carbocycles. The second-order valence-corrected chi connectivity index (χ2v) is 7.47. The molecule has 1 aromatic heterocycles. The SMILES string of the molecule is CCCCS(=O)CCC(=O)Nc1nc2ccc(N)cc2s1. The Morgan fingerprint density at radius 3 is 3.00 bits per heavy atom. The number of nitrogens with two attached hydrogens (primary N) is 1. The molecule has 5 nitrogen and oxygen atoms in total. The highest BCUT2D eigenvalue weighted by Gasteiger charge is 2.09. The summed E-state index contributed by atoms with van der Waals surface area (Å²) in [6.45, 7) is 2.06. The van der Waals surface area contributed by atoms with Gasteiger partial charge in [-0.2, -0.15) is 0 Å². The van der Waals surface area contributed by atoms with Crippen molar-refractivity contribution < 1.29 is 9.00 Å². The number of fused-ring (bicyclic) bond motifs is 1. The van der Waals surface area contributed by atoms with Crippen LogP contribution in [0.1, 0.15) is 26.2 Å². The van der Waals surface area contributed by atoms with Gasteiger partial charge < -0.3 is 11.1 Å². The molecule has 0 radical (unpaired) electrons. The maximum atomic E-state index is 11.8. The number of benzene rings is 1. The predicted octanol–water partition coefficient (Wildman–Crippen LogP) is 2.76. The van der Waals surface area contributed by atoms with Crippen LogP contribution < -0.4 is 11.1 Å². The molecule has 7 heteroatoms. The molecule has 0 aliphatic heterocycles. The van der Waals surface area contributed by atoms with Gasteiger partial charge in [-0.05, 0) is 24.6 Å². The van der Waals surface area contributed by atoms with Crippen LogP contribution in [-0.2, 0) is 15.6 Å². The molecule has 2 rings (SSSR count). The number of unbranched alkanes of at least 4 members (excludes halogenated alkanes) is 1. The van der Waals surface area contributed by atoms with E-state index in [-0.39, 0.29) is 12.3 Å². The van der Waals surface area contributed by atoms with Crippen LogP contribution in [0.5, 0.6) is 0 Å². The topological polar surface area (TPSA) is 85.1 Å². The van der Waals surface area contributed by atoms with Gasteiger partial charge in [0.25, 0.3) is 0 Å². The minimum absolute atomic E-state index is 0.146. The number of nitrogens with one attached hydrogen (secondary N) is 1. The average Bonchev–Trinajstić information content (AvgIpc) is 2.84. The fourth-order valence-electron chi connectivity index (χ4n) is 1.79. The van der Waals surface area contributed by atoms with E-state index in [0.717, 1.165) is 23.1 Å². The highest BCUT2D eigenvalue weighted by atomic mass is 32.2. The van der Waals surface area contributed by atoms with E-state index in [1.54, 1.807) is 6.07 Å². The lowest BCUT2D eigenvalue weighted by Gasteiger charge is -2.02. The maximum absolute atomic E-state index is 11.8. The van der Waals surface area contributed by atoms with Gasteiger partial charge in [-0.15, -0.1) is 0 Å². The van der Waals surface area contributed by atoms with Crippen molar-refractivity contribution in [2.45, 2.75) is 26.2 Å². The molecular formula is C14H19N3O2S2. The molecular weight excluding hydrogens is 306 g/mol. The summed E-state index contributed by atoms with van der Waals surface area (Å²) < 4.78 is 12.6. The minimum Gasteiger partial charge on any atom is -0.399 e. The molecule has 0 aliphatic rings. The van der Waals surface area contributed by atoms with E-state index in [2.05, 4.69) is 17.2 Å². The van der Waals surface area contributed by atoms with Crippen molar-refractivity contribution in [3.05, 3.63) is 18.2 Å². The van der Waals surface area contributed by atoms with Gasteiger partial charge in [0, 0.05) is 34.4 Å². The molecule has 2 aromatic rings. The Labute approximate surface area is 130 Å². The summed E-state index contributed by atoms with van der Waals surface area (Å²) in [5.74, 6) is 0.931. The Morgan fingerprint density at radius 1 is 1.43 bits per heavy atom. The third-order valence-corrected chi connectivity index (χ3v) is 5.28. The summed E-state index contributed by atoms with van der Waals surface area (Å²) in [5, 5.41) is 3.31. The Bertz CT molecular complexity index is 655. The van der Waals surface area contributed by atoms with E-state index < -0.39 is 10.8 Å². The molecule has 0 fully saturated rings. The summed E-state index contributed by atoms with van der Waals surface area (Å²) in [7, 11) is -0.911. The van der Waals surface area contributed by atoms with Gasteiger partial charge in [-0.1, -0.05) is 24.7 Å². The van der Waals surface area contributed by atoms with Crippen LogP contribution in [-0.4, -0.2) is 26.6 Å². The Balaban J connectivity index is 1.88. The van der Waals surface area contributed by atoms with Gasteiger partial charge in [-0.25, -0.2) is 4.98 Å². The van der Waals surface area contributed by atoms with Crippen LogP contribution in [0.25, 0.3) is 10.2 Å². The fourth-order valence-corrected chi connectivity index (χ4v) is 3.95. The Morgan fingerprint density at radius 2 is 2.24 bits per heavy atom. The van der Waals surface area contributed by atoms with E-state index in [9.17, 15) is 9.00 Å². The lowest BCUT2D eigenvalue weighted by Crippen LogP contribution is -2.15. The number of hydrogen-bond acceptors (Lipinski definition) is 5. The molecule has 0 bridgehead atoms. The highest BCUT2D eigenvalue weighted by molar-refractivity contribution is 7.84. The molecule has 1 unspecified atom stereocenters. The second-order valence-electron chi connectivity index (χ2n) is 4.75. The van der Waals surface area contributed by atoms with Crippen molar-refractivity contribution in [3.63, 3.8) is 0 Å². The zero-order valence-corrected chi connectivity index (χ0v) is 13.6. The molecule has 1 heterocycles. The van der Waals surface area contributed by atoms with Gasteiger partial charge >= 0.3 is 0 Å². The number of amides is 1. The molecule has 1 aromatic carbocycles. The average molecular weight is 325 g/mol. The molecule has 114 valence electrons. The monoisotopic (exact) mass is 325 g/mol. The number of carbonyl (C=O) groups excluding carboxylic acids is 1. The number of nitrogens with zero attached hydrogens (tertiary/aromatic N) is 1. The zero-order chi connectivity index (χ0) is 15.2. The number of nitrogen functional groups attached to an aromatic ring is 1. The van der Waals surface area contributed by atoms with E-state index >= 15 is 0 Å². The summed E-state index contributed by atoms with van der Waals surface area (Å²) in [5.41, 5.74) is 7.21. The second kappa shape index (κ2) is 7.51. The van der Waals surface area contributed by atoms with E-state index in [1.165, 1.54) is 11.3 Å². The third-order valence-electron chi connectivity index (χ3n) is 2.94. The summed E-state index contributed by atoms with van der Waals surface area (Å²) >= 11 is 1.39. The summed E-state index contributed by atoms with van der Waals surface area (Å²) in [6.07, 6.45) is 2.22. The molecule has 1 amide bonds. The first-order valence-electron chi connectivity index (χ1n) is 6.89. The lowest BCUT2D eigenvalue weighted by atomic mass is 10.3. The van der Waals surface area contributed by atoms with Gasteiger partial charge in [0.15, 0.2) is 5.13 Å². The largest absolute Gasteiger partial charge is 0.399 e. The van der Waals surface area contributed by atoms with E-state index in [0.29, 0.717) is 22.3 Å². The van der Waals surface area contributed by atoms with Gasteiger partial charge in [0.05, 0.1) is 10.2 Å². The number of hydrogen-bond donors (Lipinski definition) is 2. The van der Waals surface area contributed by atoms with Crippen molar-refractivity contribution in [2.75, 3.05) is 22.6 Å². The van der Waals surface area contributed by atoms with Crippen molar-refractivity contribution in [1.29, 1.82) is 0 Å².